The Morgan fingerprint density at radius 2 is 1.38 bits per heavy atom. The highest BCUT2D eigenvalue weighted by molar-refractivity contribution is 5.73. The molecule has 1 aliphatic rings. The average molecular weight is 423 g/mol. The number of hydrogen-bond donors (Lipinski definition) is 0. The second-order valence-corrected chi connectivity index (χ2v) is 8.28. The lowest BCUT2D eigenvalue weighted by Crippen LogP contribution is -2.39. The molecule has 0 aliphatic heterocycles. The molecule has 5 rings (SSSR count). The molecule has 0 amide bonds. The molecule has 0 saturated heterocycles. The maximum Gasteiger partial charge on any atom is 0.309 e. The molecule has 0 N–H and O–H groups in total. The number of nitrogens with zero attached hydrogens (tertiary/aromatic N) is 2. The van der Waals surface area contributed by atoms with Gasteiger partial charge in [0.15, 0.2) is 0 Å². The maximum absolute atomic E-state index is 12.2. The molecule has 32 heavy (non-hydrogen) atoms. The van der Waals surface area contributed by atoms with Crippen molar-refractivity contribution >= 4 is 5.97 Å². The van der Waals surface area contributed by atoms with Gasteiger partial charge in [0.25, 0.3) is 0 Å². The van der Waals surface area contributed by atoms with Crippen LogP contribution in [-0.4, -0.2) is 22.6 Å². The molecule has 0 bridgehead atoms. The number of rotatable bonds is 5. The van der Waals surface area contributed by atoms with Gasteiger partial charge in [0.2, 0.25) is 0 Å². The lowest BCUT2D eigenvalue weighted by molar-refractivity contribution is -0.145. The second kappa shape index (κ2) is 8.46. The number of esters is 1. The third-order valence-corrected chi connectivity index (χ3v) is 6.59. The molecular formula is C28H26N2O2. The van der Waals surface area contributed by atoms with Crippen molar-refractivity contribution < 1.29 is 9.53 Å². The van der Waals surface area contributed by atoms with E-state index in [2.05, 4.69) is 95.6 Å². The van der Waals surface area contributed by atoms with Gasteiger partial charge in [-0.15, -0.1) is 0 Å². The van der Waals surface area contributed by atoms with Crippen LogP contribution in [0.15, 0.2) is 97.3 Å². The number of benzene rings is 3. The van der Waals surface area contributed by atoms with Gasteiger partial charge in [0, 0.05) is 12.1 Å². The third-order valence-electron chi connectivity index (χ3n) is 6.59. The Morgan fingerprint density at radius 1 is 0.875 bits per heavy atom. The van der Waals surface area contributed by atoms with E-state index in [4.69, 9.17) is 9.72 Å². The summed E-state index contributed by atoms with van der Waals surface area (Å²) < 4.78 is 7.34. The van der Waals surface area contributed by atoms with Crippen LogP contribution in [0.1, 0.15) is 34.5 Å². The number of carbonyl (C=O) groups excluding carboxylic acids is 1. The Bertz CT molecular complexity index is 1100. The van der Waals surface area contributed by atoms with Crippen molar-refractivity contribution in [3.8, 4) is 0 Å². The van der Waals surface area contributed by atoms with E-state index >= 15 is 0 Å². The van der Waals surface area contributed by atoms with Crippen LogP contribution in [0.3, 0.4) is 0 Å². The van der Waals surface area contributed by atoms with Crippen LogP contribution in [0, 0.1) is 5.92 Å². The molecule has 160 valence electrons. The predicted molar refractivity (Wildman–Crippen MR) is 124 cm³/mol. The molecule has 0 saturated carbocycles. The first-order chi connectivity index (χ1) is 15.7. The summed E-state index contributed by atoms with van der Waals surface area (Å²) >= 11 is 0. The molecule has 4 heteroatoms. The molecule has 0 spiro atoms. The Hall–Kier alpha value is -3.66. The minimum absolute atomic E-state index is 0.129. The van der Waals surface area contributed by atoms with Crippen LogP contribution in [-0.2, 0) is 27.9 Å². The van der Waals surface area contributed by atoms with Gasteiger partial charge in [-0.3, -0.25) is 4.79 Å². The van der Waals surface area contributed by atoms with Gasteiger partial charge >= 0.3 is 5.97 Å². The van der Waals surface area contributed by atoms with E-state index in [1.807, 2.05) is 6.33 Å². The van der Waals surface area contributed by atoms with Gasteiger partial charge in [0.05, 0.1) is 25.0 Å². The van der Waals surface area contributed by atoms with Crippen LogP contribution < -0.4 is 0 Å². The number of ether oxygens (including phenoxy) is 1. The second-order valence-electron chi connectivity index (χ2n) is 8.28. The van der Waals surface area contributed by atoms with Gasteiger partial charge in [-0.1, -0.05) is 91.0 Å². The summed E-state index contributed by atoms with van der Waals surface area (Å²) in [7, 11) is 1.46. The van der Waals surface area contributed by atoms with Crippen molar-refractivity contribution in [1.29, 1.82) is 0 Å². The lowest BCUT2D eigenvalue weighted by atomic mass is 9.76. The number of imidazole rings is 1. The topological polar surface area (TPSA) is 44.1 Å². The minimum Gasteiger partial charge on any atom is -0.469 e. The van der Waals surface area contributed by atoms with E-state index in [1.54, 1.807) is 0 Å². The Kier molecular flexibility index (Phi) is 5.36. The van der Waals surface area contributed by atoms with Crippen molar-refractivity contribution in [2.24, 2.45) is 5.92 Å². The minimum atomic E-state index is -0.567. The summed E-state index contributed by atoms with van der Waals surface area (Å²) in [5.74, 6) is -0.277. The molecule has 4 nitrogen and oxygen atoms in total. The zero-order chi connectivity index (χ0) is 22.0. The average Bonchev–Trinajstić information content (AvgIpc) is 3.30. The van der Waals surface area contributed by atoms with Gasteiger partial charge in [-0.2, -0.15) is 0 Å². The highest BCUT2D eigenvalue weighted by Crippen LogP contribution is 2.43. The van der Waals surface area contributed by atoms with E-state index in [-0.39, 0.29) is 11.9 Å². The van der Waals surface area contributed by atoms with Crippen LogP contribution in [0.5, 0.6) is 0 Å². The van der Waals surface area contributed by atoms with Crippen molar-refractivity contribution in [3.63, 3.8) is 0 Å². The largest absolute Gasteiger partial charge is 0.469 e. The molecule has 1 aliphatic carbocycles. The van der Waals surface area contributed by atoms with Gasteiger partial charge in [-0.05, 0) is 29.5 Å². The summed E-state index contributed by atoms with van der Waals surface area (Å²) in [6, 6.07) is 31.8. The van der Waals surface area contributed by atoms with Gasteiger partial charge in [0.1, 0.15) is 5.54 Å². The molecule has 1 heterocycles. The fraction of sp³-hybridized carbons (Fsp3) is 0.214. The standard InChI is InChI=1S/C28H26N2O2/c1-32-27(31)21-17-18-26-25(19-21)29-20-30(26)28(22-11-5-2-6-12-22,23-13-7-3-8-14-23)24-15-9-4-10-16-24/h2-16,20-21H,17-19H2,1H3. The van der Waals surface area contributed by atoms with E-state index < -0.39 is 5.54 Å². The summed E-state index contributed by atoms with van der Waals surface area (Å²) in [5.41, 5.74) is 5.12. The molecular weight excluding hydrogens is 396 g/mol. The van der Waals surface area contributed by atoms with Crippen LogP contribution in [0.4, 0.5) is 0 Å². The Balaban J connectivity index is 1.78. The Labute approximate surface area is 188 Å². The lowest BCUT2D eigenvalue weighted by Gasteiger charge is -2.39. The fourth-order valence-corrected chi connectivity index (χ4v) is 5.10. The molecule has 0 fully saturated rings. The summed E-state index contributed by atoms with van der Waals surface area (Å²) in [6.45, 7) is 0. The first kappa shape index (κ1) is 20.3. The summed E-state index contributed by atoms with van der Waals surface area (Å²) in [4.78, 5) is 17.0. The van der Waals surface area contributed by atoms with E-state index in [1.165, 1.54) is 29.5 Å². The number of fused-ring (bicyclic) bond motifs is 1. The molecule has 1 aromatic heterocycles. The van der Waals surface area contributed by atoms with Gasteiger partial charge in [-0.25, -0.2) is 4.98 Å². The fourth-order valence-electron chi connectivity index (χ4n) is 5.10. The van der Waals surface area contributed by atoms with E-state index in [0.29, 0.717) is 6.42 Å². The number of carbonyl (C=O) groups is 1. The van der Waals surface area contributed by atoms with Crippen molar-refractivity contribution in [2.45, 2.75) is 24.8 Å². The zero-order valence-corrected chi connectivity index (χ0v) is 18.1. The number of aromatic nitrogens is 2. The summed E-state index contributed by atoms with van der Waals surface area (Å²) in [6.07, 6.45) is 4.12. The molecule has 3 aromatic carbocycles. The third kappa shape index (κ3) is 3.23. The molecule has 4 aromatic rings. The maximum atomic E-state index is 12.2. The molecule has 1 unspecified atom stereocenters. The van der Waals surface area contributed by atoms with Crippen molar-refractivity contribution in [3.05, 3.63) is 125 Å². The Morgan fingerprint density at radius 3 is 1.84 bits per heavy atom. The van der Waals surface area contributed by atoms with E-state index in [9.17, 15) is 4.79 Å². The van der Waals surface area contributed by atoms with E-state index in [0.717, 1.165) is 18.5 Å². The zero-order valence-electron chi connectivity index (χ0n) is 18.1. The quantitative estimate of drug-likeness (QED) is 0.336. The SMILES string of the molecule is COC(=O)C1CCc2c(ncn2C(c2ccccc2)(c2ccccc2)c2ccccc2)C1. The van der Waals surface area contributed by atoms with Crippen molar-refractivity contribution in [2.75, 3.05) is 7.11 Å². The summed E-state index contributed by atoms with van der Waals surface area (Å²) in [5, 5.41) is 0. The monoisotopic (exact) mass is 422 g/mol. The normalized spacial score (nSPS) is 15.7. The highest BCUT2D eigenvalue weighted by atomic mass is 16.5. The first-order valence-corrected chi connectivity index (χ1v) is 11.0. The highest BCUT2D eigenvalue weighted by Gasteiger charge is 2.41. The first-order valence-electron chi connectivity index (χ1n) is 11.0. The molecule has 1 atom stereocenters. The predicted octanol–water partition coefficient (Wildman–Crippen LogP) is 5.00. The number of hydrogen-bond acceptors (Lipinski definition) is 3. The van der Waals surface area contributed by atoms with Crippen molar-refractivity contribution in [1.82, 2.24) is 9.55 Å². The van der Waals surface area contributed by atoms with Crippen LogP contribution in [0.2, 0.25) is 0 Å². The van der Waals surface area contributed by atoms with Crippen LogP contribution >= 0.6 is 0 Å². The van der Waals surface area contributed by atoms with Crippen LogP contribution in [0.25, 0.3) is 0 Å². The smallest absolute Gasteiger partial charge is 0.309 e. The molecule has 0 radical (unpaired) electrons. The number of methoxy groups -OCH3 is 1. The van der Waals surface area contributed by atoms with Gasteiger partial charge < -0.3 is 9.30 Å².